The molecule has 0 aromatic heterocycles. The van der Waals surface area contributed by atoms with Crippen LogP contribution in [0.5, 0.6) is 0 Å². The van der Waals surface area contributed by atoms with Crippen molar-refractivity contribution in [1.82, 2.24) is 10.2 Å². The molecule has 1 amide bonds. The first-order valence-corrected chi connectivity index (χ1v) is 6.35. The highest BCUT2D eigenvalue weighted by atomic mass is 35.5. The standard InChI is InChI=1S/C14H17ClN2O/c1-10(12-7-16-8-12)14(18)17(2)9-11-3-5-13(15)6-4-11/h3-6,16H,7-9H2,1-2H3. The number of benzene rings is 1. The second kappa shape index (κ2) is 5.55. The van der Waals surface area contributed by atoms with Crippen molar-refractivity contribution in [2.75, 3.05) is 20.1 Å². The van der Waals surface area contributed by atoms with E-state index in [1.807, 2.05) is 38.2 Å². The SMILES string of the molecule is CC(C(=O)N(C)Cc1ccc(Cl)cc1)=C1CNC1. The van der Waals surface area contributed by atoms with Gasteiger partial charge < -0.3 is 10.2 Å². The molecule has 1 fully saturated rings. The molecule has 0 saturated carbocycles. The maximum absolute atomic E-state index is 12.2. The fraction of sp³-hybridized carbons (Fsp3) is 0.357. The summed E-state index contributed by atoms with van der Waals surface area (Å²) in [5.41, 5.74) is 3.16. The zero-order valence-corrected chi connectivity index (χ0v) is 11.4. The first kappa shape index (κ1) is 13.1. The Labute approximate surface area is 112 Å². The van der Waals surface area contributed by atoms with Gasteiger partial charge in [-0.2, -0.15) is 0 Å². The summed E-state index contributed by atoms with van der Waals surface area (Å²) in [6.07, 6.45) is 0. The largest absolute Gasteiger partial charge is 0.338 e. The van der Waals surface area contributed by atoms with Crippen molar-refractivity contribution in [3.8, 4) is 0 Å². The normalized spacial score (nSPS) is 14.1. The molecule has 3 nitrogen and oxygen atoms in total. The number of halogens is 1. The van der Waals surface area contributed by atoms with Crippen LogP contribution in [-0.4, -0.2) is 30.9 Å². The molecule has 1 aliphatic heterocycles. The number of rotatable bonds is 3. The molecule has 1 aromatic rings. The van der Waals surface area contributed by atoms with Crippen LogP contribution in [0.25, 0.3) is 0 Å². The number of nitrogens with one attached hydrogen (secondary N) is 1. The molecule has 1 aromatic carbocycles. The summed E-state index contributed by atoms with van der Waals surface area (Å²) in [4.78, 5) is 13.9. The van der Waals surface area contributed by atoms with Crippen molar-refractivity contribution in [1.29, 1.82) is 0 Å². The molecule has 1 heterocycles. The Morgan fingerprint density at radius 3 is 2.44 bits per heavy atom. The third-order valence-electron chi connectivity index (χ3n) is 3.21. The Bertz CT molecular complexity index is 473. The lowest BCUT2D eigenvalue weighted by atomic mass is 10.0. The summed E-state index contributed by atoms with van der Waals surface area (Å²) in [6, 6.07) is 7.58. The van der Waals surface area contributed by atoms with Crippen molar-refractivity contribution in [3.63, 3.8) is 0 Å². The average molecular weight is 265 g/mol. The second-order valence-corrected chi connectivity index (χ2v) is 5.06. The molecule has 0 radical (unpaired) electrons. The van der Waals surface area contributed by atoms with Gasteiger partial charge in [0.25, 0.3) is 0 Å². The van der Waals surface area contributed by atoms with Crippen molar-refractivity contribution in [2.45, 2.75) is 13.5 Å². The lowest BCUT2D eigenvalue weighted by Crippen LogP contribution is -2.38. The van der Waals surface area contributed by atoms with Crippen LogP contribution >= 0.6 is 11.6 Å². The minimum atomic E-state index is 0.0986. The van der Waals surface area contributed by atoms with Crippen LogP contribution in [0.1, 0.15) is 12.5 Å². The monoisotopic (exact) mass is 264 g/mol. The van der Waals surface area contributed by atoms with Crippen LogP contribution in [0.2, 0.25) is 5.02 Å². The van der Waals surface area contributed by atoms with Crippen LogP contribution in [0.3, 0.4) is 0 Å². The van der Waals surface area contributed by atoms with Gasteiger partial charge in [0.1, 0.15) is 0 Å². The summed E-state index contributed by atoms with van der Waals surface area (Å²) in [6.45, 7) is 4.18. The Morgan fingerprint density at radius 2 is 1.94 bits per heavy atom. The van der Waals surface area contributed by atoms with E-state index in [4.69, 9.17) is 11.6 Å². The third kappa shape index (κ3) is 2.92. The smallest absolute Gasteiger partial charge is 0.249 e. The van der Waals surface area contributed by atoms with Gasteiger partial charge >= 0.3 is 0 Å². The van der Waals surface area contributed by atoms with Gasteiger partial charge in [0.2, 0.25) is 5.91 Å². The highest BCUT2D eigenvalue weighted by Gasteiger charge is 2.18. The maximum Gasteiger partial charge on any atom is 0.249 e. The van der Waals surface area contributed by atoms with Crippen LogP contribution in [0, 0.1) is 0 Å². The fourth-order valence-corrected chi connectivity index (χ4v) is 2.01. The Hall–Kier alpha value is -1.32. The van der Waals surface area contributed by atoms with E-state index in [0.717, 1.165) is 24.2 Å². The number of carbonyl (C=O) groups is 1. The van der Waals surface area contributed by atoms with Gasteiger partial charge in [0.05, 0.1) is 0 Å². The molecular formula is C14H17ClN2O. The number of amides is 1. The molecule has 0 spiro atoms. The number of hydrogen-bond acceptors (Lipinski definition) is 2. The van der Waals surface area contributed by atoms with E-state index in [1.54, 1.807) is 4.90 Å². The lowest BCUT2D eigenvalue weighted by molar-refractivity contribution is -0.126. The maximum atomic E-state index is 12.2. The molecule has 0 unspecified atom stereocenters. The number of hydrogen-bond donors (Lipinski definition) is 1. The summed E-state index contributed by atoms with van der Waals surface area (Å²) >= 11 is 5.83. The molecule has 1 saturated heterocycles. The molecular weight excluding hydrogens is 248 g/mol. The molecule has 4 heteroatoms. The van der Waals surface area contributed by atoms with E-state index in [9.17, 15) is 4.79 Å². The Kier molecular flexibility index (Phi) is 4.04. The van der Waals surface area contributed by atoms with E-state index in [1.165, 1.54) is 5.57 Å². The van der Waals surface area contributed by atoms with Crippen LogP contribution < -0.4 is 5.32 Å². The minimum absolute atomic E-state index is 0.0986. The molecule has 96 valence electrons. The van der Waals surface area contributed by atoms with Gasteiger partial charge in [0, 0.05) is 37.3 Å². The van der Waals surface area contributed by atoms with E-state index in [2.05, 4.69) is 5.32 Å². The van der Waals surface area contributed by atoms with Crippen molar-refractivity contribution < 1.29 is 4.79 Å². The minimum Gasteiger partial charge on any atom is -0.338 e. The highest BCUT2D eigenvalue weighted by molar-refractivity contribution is 6.30. The molecule has 1 N–H and O–H groups in total. The van der Waals surface area contributed by atoms with E-state index in [0.29, 0.717) is 11.6 Å². The van der Waals surface area contributed by atoms with Crippen molar-refractivity contribution in [2.24, 2.45) is 0 Å². The fourth-order valence-electron chi connectivity index (χ4n) is 1.89. The highest BCUT2D eigenvalue weighted by Crippen LogP contribution is 2.14. The van der Waals surface area contributed by atoms with Crippen LogP contribution in [0.15, 0.2) is 35.4 Å². The topological polar surface area (TPSA) is 32.3 Å². The number of nitrogens with zero attached hydrogens (tertiary/aromatic N) is 1. The van der Waals surface area contributed by atoms with Crippen molar-refractivity contribution >= 4 is 17.5 Å². The number of likely N-dealkylation sites (N-methyl/N-ethyl adjacent to an activating group) is 1. The molecule has 1 aliphatic rings. The Morgan fingerprint density at radius 1 is 1.33 bits per heavy atom. The quantitative estimate of drug-likeness (QED) is 0.849. The van der Waals surface area contributed by atoms with E-state index in [-0.39, 0.29) is 5.91 Å². The van der Waals surface area contributed by atoms with Gasteiger partial charge in [-0.3, -0.25) is 4.79 Å². The lowest BCUT2D eigenvalue weighted by Gasteiger charge is -2.24. The van der Waals surface area contributed by atoms with Gasteiger partial charge in [-0.15, -0.1) is 0 Å². The zero-order chi connectivity index (χ0) is 13.1. The van der Waals surface area contributed by atoms with Gasteiger partial charge in [-0.1, -0.05) is 23.7 Å². The number of carbonyl (C=O) groups excluding carboxylic acids is 1. The molecule has 0 atom stereocenters. The predicted octanol–water partition coefficient (Wildman–Crippen LogP) is 2.22. The summed E-state index contributed by atoms with van der Waals surface area (Å²) in [7, 11) is 1.83. The second-order valence-electron chi connectivity index (χ2n) is 4.62. The summed E-state index contributed by atoms with van der Waals surface area (Å²) < 4.78 is 0. The first-order chi connectivity index (χ1) is 8.58. The van der Waals surface area contributed by atoms with Crippen LogP contribution in [-0.2, 0) is 11.3 Å². The molecule has 18 heavy (non-hydrogen) atoms. The molecule has 0 aliphatic carbocycles. The van der Waals surface area contributed by atoms with Crippen molar-refractivity contribution in [3.05, 3.63) is 46.0 Å². The Balaban J connectivity index is 2.01. The zero-order valence-electron chi connectivity index (χ0n) is 10.7. The average Bonchev–Trinajstić information content (AvgIpc) is 2.28. The van der Waals surface area contributed by atoms with Gasteiger partial charge in [0.15, 0.2) is 0 Å². The van der Waals surface area contributed by atoms with Crippen LogP contribution in [0.4, 0.5) is 0 Å². The van der Waals surface area contributed by atoms with Gasteiger partial charge in [-0.25, -0.2) is 0 Å². The third-order valence-corrected chi connectivity index (χ3v) is 3.46. The summed E-state index contributed by atoms with van der Waals surface area (Å²) in [5, 5.41) is 3.86. The van der Waals surface area contributed by atoms with Gasteiger partial charge in [-0.05, 0) is 30.2 Å². The molecule has 0 bridgehead atoms. The van der Waals surface area contributed by atoms with E-state index < -0.39 is 0 Å². The summed E-state index contributed by atoms with van der Waals surface area (Å²) in [5.74, 6) is 0.0986. The first-order valence-electron chi connectivity index (χ1n) is 5.97. The van der Waals surface area contributed by atoms with E-state index >= 15 is 0 Å². The molecule has 2 rings (SSSR count). The predicted molar refractivity (Wildman–Crippen MR) is 73.5 cm³/mol.